The molecule has 0 amide bonds. The topological polar surface area (TPSA) is 101 Å². The molecule has 0 atom stereocenters. The monoisotopic (exact) mass is 774 g/mol. The minimum Gasteiger partial charge on any atom is -0.323 e. The Bertz CT molecular complexity index is 2870. The van der Waals surface area contributed by atoms with Crippen LogP contribution in [0.5, 0.6) is 0 Å². The maximum Gasteiger partial charge on any atom is 0.248 e. The second-order valence-electron chi connectivity index (χ2n) is 13.6. The molecule has 0 aliphatic heterocycles. The predicted octanol–water partition coefficient (Wildman–Crippen LogP) is 9.96. The molecule has 0 radical (unpaired) electrons. The van der Waals surface area contributed by atoms with Gasteiger partial charge in [0.1, 0.15) is 11.6 Å². The first kappa shape index (κ1) is 36.9. The average Bonchev–Trinajstić information content (AvgIpc) is 3.66. The van der Waals surface area contributed by atoms with Crippen molar-refractivity contribution in [3.8, 4) is 0 Å². The highest BCUT2D eigenvalue weighted by atomic mass is 35.5. The molecule has 4 aromatic carbocycles. The fourth-order valence-corrected chi connectivity index (χ4v) is 7.06. The number of hydrogen-bond donors (Lipinski definition) is 2. The van der Waals surface area contributed by atoms with Crippen molar-refractivity contribution < 1.29 is 17.6 Å². The van der Waals surface area contributed by atoms with Gasteiger partial charge in [-0.1, -0.05) is 50.9 Å². The molecule has 4 aromatic heterocycles. The molecule has 54 heavy (non-hydrogen) atoms. The summed E-state index contributed by atoms with van der Waals surface area (Å²) < 4.78 is 59.4. The summed E-state index contributed by atoms with van der Waals surface area (Å²) in [5.74, 6) is -2.23. The van der Waals surface area contributed by atoms with Crippen molar-refractivity contribution in [2.45, 2.75) is 52.6 Å². The number of pyridine rings is 2. The molecule has 14 heteroatoms. The largest absolute Gasteiger partial charge is 0.323 e. The van der Waals surface area contributed by atoms with Gasteiger partial charge in [-0.25, -0.2) is 27.5 Å². The maximum absolute atomic E-state index is 14.2. The number of nitrogens with one attached hydrogen (secondary N) is 2. The number of aromatic nitrogens is 6. The van der Waals surface area contributed by atoms with E-state index in [9.17, 15) is 27.2 Å². The van der Waals surface area contributed by atoms with Crippen molar-refractivity contribution in [3.05, 3.63) is 150 Å². The molecule has 276 valence electrons. The lowest BCUT2D eigenvalue weighted by atomic mass is 10.1. The van der Waals surface area contributed by atoms with Gasteiger partial charge < -0.3 is 19.1 Å². The molecular weight excluding hydrogens is 743 g/mol. The van der Waals surface area contributed by atoms with Gasteiger partial charge in [0.15, 0.2) is 23.3 Å². The fraction of sp³-hybridized carbons (Fsp3) is 0.200. The Labute approximate surface area is 315 Å². The molecule has 0 saturated carbocycles. The predicted molar refractivity (Wildman–Crippen MR) is 205 cm³/mol. The van der Waals surface area contributed by atoms with Gasteiger partial charge in [0.05, 0.1) is 46.2 Å². The van der Waals surface area contributed by atoms with E-state index in [0.29, 0.717) is 38.5 Å². The second kappa shape index (κ2) is 14.4. The smallest absolute Gasteiger partial charge is 0.248 e. The number of benzene rings is 4. The van der Waals surface area contributed by atoms with Crippen LogP contribution in [0.25, 0.3) is 43.9 Å². The van der Waals surface area contributed by atoms with Gasteiger partial charge in [0.2, 0.25) is 11.1 Å². The Balaban J connectivity index is 0.000000167. The van der Waals surface area contributed by atoms with Crippen molar-refractivity contribution in [2.24, 2.45) is 0 Å². The van der Waals surface area contributed by atoms with Gasteiger partial charge in [-0.05, 0) is 71.8 Å². The average molecular weight is 776 g/mol. The number of aromatic amines is 2. The Morgan fingerprint density at radius 1 is 0.593 bits per heavy atom. The standard InChI is InChI=1S/2C20H16ClF2N3O/c1-10(2)20-24-15-8-12(21)3-6-16(15)26(20)9-11-7-17(27)25-19-13(11)4-5-14(22)18(19)23;1-10(2)20-24-15-6-3-12(21)8-16(15)26(20)9-11-7-17(27)25-19-13(11)4-5-14(22)18(19)23/h2*3-8,10H,9H2,1-2H3,(H,25,27). The van der Waals surface area contributed by atoms with Gasteiger partial charge >= 0.3 is 0 Å². The lowest BCUT2D eigenvalue weighted by Crippen LogP contribution is -2.12. The van der Waals surface area contributed by atoms with Crippen molar-refractivity contribution >= 4 is 67.1 Å². The normalized spacial score (nSPS) is 11.8. The zero-order chi connectivity index (χ0) is 38.6. The van der Waals surface area contributed by atoms with Gasteiger partial charge in [0, 0.05) is 44.8 Å². The van der Waals surface area contributed by atoms with Crippen LogP contribution in [0.1, 0.15) is 62.3 Å². The van der Waals surface area contributed by atoms with Crippen molar-refractivity contribution in [1.82, 2.24) is 29.1 Å². The van der Waals surface area contributed by atoms with Crippen LogP contribution in [0.3, 0.4) is 0 Å². The summed E-state index contributed by atoms with van der Waals surface area (Å²) in [6, 6.07) is 18.7. The number of rotatable bonds is 6. The summed E-state index contributed by atoms with van der Waals surface area (Å²) in [7, 11) is 0. The number of halogens is 6. The minimum absolute atomic E-state index is 0.124. The van der Waals surface area contributed by atoms with E-state index in [-0.39, 0.29) is 29.4 Å². The summed E-state index contributed by atoms with van der Waals surface area (Å²) in [4.78, 5) is 38.2. The summed E-state index contributed by atoms with van der Waals surface area (Å²) in [5, 5.41) is 2.07. The van der Waals surface area contributed by atoms with E-state index in [4.69, 9.17) is 23.2 Å². The third-order valence-corrected chi connectivity index (χ3v) is 9.63. The molecule has 4 heterocycles. The molecular formula is C40H32Cl2F4N6O2. The molecule has 0 spiro atoms. The number of hydrogen-bond acceptors (Lipinski definition) is 4. The van der Waals surface area contributed by atoms with Crippen LogP contribution in [-0.2, 0) is 13.1 Å². The van der Waals surface area contributed by atoms with Crippen molar-refractivity contribution in [2.75, 3.05) is 0 Å². The van der Waals surface area contributed by atoms with Crippen LogP contribution < -0.4 is 11.1 Å². The third kappa shape index (κ3) is 6.87. The first-order valence-corrected chi connectivity index (χ1v) is 17.8. The lowest BCUT2D eigenvalue weighted by Gasteiger charge is -2.13. The number of H-pyrrole nitrogens is 2. The SMILES string of the molecule is CC(C)c1nc2cc(Cl)ccc2n1Cc1cc(=O)[nH]c2c(F)c(F)ccc12.CC(C)c1nc2ccc(Cl)cc2n1Cc1cc(=O)[nH]c2c(F)c(F)ccc12. The van der Waals surface area contributed by atoms with Crippen molar-refractivity contribution in [3.63, 3.8) is 0 Å². The van der Waals surface area contributed by atoms with Crippen LogP contribution in [0, 0.1) is 23.3 Å². The Morgan fingerprint density at radius 3 is 1.57 bits per heavy atom. The van der Waals surface area contributed by atoms with E-state index in [1.807, 2.05) is 55.0 Å². The van der Waals surface area contributed by atoms with Crippen molar-refractivity contribution in [1.29, 1.82) is 0 Å². The first-order chi connectivity index (χ1) is 25.7. The summed E-state index contributed by atoms with van der Waals surface area (Å²) in [5.41, 5.74) is 3.14. The van der Waals surface area contributed by atoms with Crippen LogP contribution in [0.15, 0.2) is 82.4 Å². The van der Waals surface area contributed by atoms with Gasteiger partial charge in [0.25, 0.3) is 0 Å². The first-order valence-electron chi connectivity index (χ1n) is 17.0. The Morgan fingerprint density at radius 2 is 1.06 bits per heavy atom. The summed E-state index contributed by atoms with van der Waals surface area (Å²) in [6.45, 7) is 8.66. The van der Waals surface area contributed by atoms with Crippen LogP contribution >= 0.6 is 23.2 Å². The van der Waals surface area contributed by atoms with Crippen LogP contribution in [-0.4, -0.2) is 29.1 Å². The number of nitrogens with zero attached hydrogens (tertiary/aromatic N) is 4. The Hall–Kier alpha value is -5.46. The highest BCUT2D eigenvalue weighted by Gasteiger charge is 2.19. The highest BCUT2D eigenvalue weighted by molar-refractivity contribution is 6.31. The molecule has 0 bridgehead atoms. The third-order valence-electron chi connectivity index (χ3n) is 9.16. The zero-order valence-corrected chi connectivity index (χ0v) is 30.9. The van der Waals surface area contributed by atoms with E-state index in [1.165, 1.54) is 24.3 Å². The van der Waals surface area contributed by atoms with E-state index in [2.05, 4.69) is 19.9 Å². The molecule has 0 fully saturated rings. The second-order valence-corrected chi connectivity index (χ2v) is 14.4. The van der Waals surface area contributed by atoms with E-state index < -0.39 is 34.4 Å². The van der Waals surface area contributed by atoms with E-state index >= 15 is 0 Å². The van der Waals surface area contributed by atoms with E-state index in [1.54, 1.807) is 18.2 Å². The van der Waals surface area contributed by atoms with Gasteiger partial charge in [-0.15, -0.1) is 0 Å². The highest BCUT2D eigenvalue weighted by Crippen LogP contribution is 2.30. The van der Waals surface area contributed by atoms with Gasteiger partial charge in [-0.2, -0.15) is 0 Å². The molecule has 0 unspecified atom stereocenters. The summed E-state index contributed by atoms with van der Waals surface area (Å²) >= 11 is 12.2. The number of imidazole rings is 2. The molecule has 8 rings (SSSR count). The van der Waals surface area contributed by atoms with Crippen LogP contribution in [0.2, 0.25) is 10.0 Å². The molecule has 0 aliphatic carbocycles. The Kier molecular flexibility index (Phi) is 9.84. The summed E-state index contributed by atoms with van der Waals surface area (Å²) in [6.07, 6.45) is 0. The zero-order valence-electron chi connectivity index (χ0n) is 29.4. The molecule has 0 saturated heterocycles. The maximum atomic E-state index is 14.2. The molecule has 8 nitrogen and oxygen atoms in total. The quantitative estimate of drug-likeness (QED) is 0.164. The minimum atomic E-state index is -1.06. The van der Waals surface area contributed by atoms with Gasteiger partial charge in [-0.3, -0.25) is 9.59 Å². The number of fused-ring (bicyclic) bond motifs is 4. The molecule has 0 aliphatic rings. The lowest BCUT2D eigenvalue weighted by molar-refractivity contribution is 0.515. The molecule has 8 aromatic rings. The van der Waals surface area contributed by atoms with E-state index in [0.717, 1.165) is 45.8 Å². The fourth-order valence-electron chi connectivity index (χ4n) is 6.72. The molecule has 2 N–H and O–H groups in total. The van der Waals surface area contributed by atoms with Crippen LogP contribution in [0.4, 0.5) is 17.6 Å².